The molecule has 1 amide bonds. The third-order valence-corrected chi connectivity index (χ3v) is 3.85. The van der Waals surface area contributed by atoms with Gasteiger partial charge in [-0.1, -0.05) is 41.6 Å². The highest BCUT2D eigenvalue weighted by Crippen LogP contribution is 2.21. The predicted octanol–water partition coefficient (Wildman–Crippen LogP) is 4.17. The lowest BCUT2D eigenvalue weighted by molar-refractivity contribution is 0.102. The van der Waals surface area contributed by atoms with Crippen LogP contribution in [-0.4, -0.2) is 16.0 Å². The van der Waals surface area contributed by atoms with Crippen molar-refractivity contribution in [1.29, 1.82) is 0 Å². The van der Waals surface area contributed by atoms with Crippen LogP contribution in [0.4, 0.5) is 5.69 Å². The van der Waals surface area contributed by atoms with Gasteiger partial charge in [-0.15, -0.1) is 0 Å². The molecule has 0 aliphatic carbocycles. The van der Waals surface area contributed by atoms with E-state index in [9.17, 15) is 4.79 Å². The molecule has 0 aliphatic rings. The standard InChI is InChI=1S/C20H15N3O3/c24-20(14-7-2-1-3-8-14)21-16-10-5-4-9-15(16)13-18-22-19(23-26-18)17-11-6-12-25-17/h1-12H,13H2,(H,21,24). The van der Waals surface area contributed by atoms with Crippen LogP contribution in [0.15, 0.2) is 81.9 Å². The van der Waals surface area contributed by atoms with Crippen molar-refractivity contribution in [3.8, 4) is 11.6 Å². The average Bonchev–Trinajstić information content (AvgIpc) is 3.36. The van der Waals surface area contributed by atoms with E-state index in [1.807, 2.05) is 42.5 Å². The van der Waals surface area contributed by atoms with Crippen LogP contribution in [0.5, 0.6) is 0 Å². The van der Waals surface area contributed by atoms with Gasteiger partial charge in [-0.3, -0.25) is 4.79 Å². The number of rotatable bonds is 5. The van der Waals surface area contributed by atoms with Crippen LogP contribution in [0.1, 0.15) is 21.8 Å². The van der Waals surface area contributed by atoms with Gasteiger partial charge in [0.15, 0.2) is 5.76 Å². The Morgan fingerprint density at radius 1 is 0.962 bits per heavy atom. The molecule has 0 saturated carbocycles. The first-order chi connectivity index (χ1) is 12.8. The monoisotopic (exact) mass is 345 g/mol. The Morgan fingerprint density at radius 3 is 2.58 bits per heavy atom. The van der Waals surface area contributed by atoms with E-state index < -0.39 is 0 Å². The number of carbonyl (C=O) groups excluding carboxylic acids is 1. The van der Waals surface area contributed by atoms with E-state index in [1.54, 1.807) is 30.5 Å². The van der Waals surface area contributed by atoms with Crippen molar-refractivity contribution in [1.82, 2.24) is 10.1 Å². The minimum Gasteiger partial charge on any atom is -0.461 e. The zero-order valence-corrected chi connectivity index (χ0v) is 13.8. The third kappa shape index (κ3) is 3.39. The molecule has 0 atom stereocenters. The number of aromatic nitrogens is 2. The highest BCUT2D eigenvalue weighted by Gasteiger charge is 2.14. The molecule has 128 valence electrons. The minimum absolute atomic E-state index is 0.167. The van der Waals surface area contributed by atoms with Gasteiger partial charge in [0.05, 0.1) is 12.7 Å². The average molecular weight is 345 g/mol. The van der Waals surface area contributed by atoms with Gasteiger partial charge in [0.25, 0.3) is 5.91 Å². The molecule has 0 saturated heterocycles. The zero-order chi connectivity index (χ0) is 17.8. The van der Waals surface area contributed by atoms with Gasteiger partial charge in [-0.05, 0) is 35.9 Å². The summed E-state index contributed by atoms with van der Waals surface area (Å²) >= 11 is 0. The molecule has 0 bridgehead atoms. The molecule has 0 aliphatic heterocycles. The van der Waals surface area contributed by atoms with Crippen LogP contribution < -0.4 is 5.32 Å². The molecule has 2 aromatic carbocycles. The first-order valence-electron chi connectivity index (χ1n) is 8.10. The van der Waals surface area contributed by atoms with Crippen LogP contribution in [0.3, 0.4) is 0 Å². The second-order valence-electron chi connectivity index (χ2n) is 5.64. The molecule has 26 heavy (non-hydrogen) atoms. The van der Waals surface area contributed by atoms with Crippen LogP contribution in [0.2, 0.25) is 0 Å². The fraction of sp³-hybridized carbons (Fsp3) is 0.0500. The maximum absolute atomic E-state index is 12.4. The van der Waals surface area contributed by atoms with Gasteiger partial charge >= 0.3 is 0 Å². The van der Waals surface area contributed by atoms with Crippen molar-refractivity contribution in [2.75, 3.05) is 5.32 Å². The van der Waals surface area contributed by atoms with Gasteiger partial charge in [0.2, 0.25) is 11.7 Å². The van der Waals surface area contributed by atoms with E-state index in [4.69, 9.17) is 8.94 Å². The summed E-state index contributed by atoms with van der Waals surface area (Å²) in [6.07, 6.45) is 1.96. The van der Waals surface area contributed by atoms with Gasteiger partial charge in [-0.2, -0.15) is 4.98 Å². The van der Waals surface area contributed by atoms with E-state index in [0.717, 1.165) is 5.56 Å². The number of hydrogen-bond donors (Lipinski definition) is 1. The number of furan rings is 1. The first-order valence-corrected chi connectivity index (χ1v) is 8.10. The Morgan fingerprint density at radius 2 is 1.77 bits per heavy atom. The number of amides is 1. The maximum Gasteiger partial charge on any atom is 0.255 e. The van der Waals surface area contributed by atoms with E-state index in [1.165, 1.54) is 0 Å². The number of anilines is 1. The van der Waals surface area contributed by atoms with E-state index >= 15 is 0 Å². The molecular formula is C20H15N3O3. The molecule has 4 aromatic rings. The van der Waals surface area contributed by atoms with Crippen molar-refractivity contribution in [2.45, 2.75) is 6.42 Å². The van der Waals surface area contributed by atoms with Crippen molar-refractivity contribution in [3.63, 3.8) is 0 Å². The van der Waals surface area contributed by atoms with Gasteiger partial charge in [0, 0.05) is 11.3 Å². The molecule has 6 heteroatoms. The Bertz CT molecular complexity index is 1010. The summed E-state index contributed by atoms with van der Waals surface area (Å²) in [6.45, 7) is 0. The largest absolute Gasteiger partial charge is 0.461 e. The van der Waals surface area contributed by atoms with Crippen molar-refractivity contribution in [3.05, 3.63) is 90.0 Å². The summed E-state index contributed by atoms with van der Waals surface area (Å²) in [6, 6.07) is 20.1. The molecule has 0 spiro atoms. The third-order valence-electron chi connectivity index (χ3n) is 3.85. The number of nitrogens with one attached hydrogen (secondary N) is 1. The molecule has 0 fully saturated rings. The molecular weight excluding hydrogens is 330 g/mol. The van der Waals surface area contributed by atoms with Crippen LogP contribution in [0, 0.1) is 0 Å². The number of hydrogen-bond acceptors (Lipinski definition) is 5. The predicted molar refractivity (Wildman–Crippen MR) is 95.6 cm³/mol. The number of nitrogens with zero attached hydrogens (tertiary/aromatic N) is 2. The highest BCUT2D eigenvalue weighted by molar-refractivity contribution is 6.04. The lowest BCUT2D eigenvalue weighted by Gasteiger charge is -2.09. The summed E-state index contributed by atoms with van der Waals surface area (Å²) in [7, 11) is 0. The fourth-order valence-corrected chi connectivity index (χ4v) is 2.58. The summed E-state index contributed by atoms with van der Waals surface area (Å²) in [5, 5.41) is 6.86. The zero-order valence-electron chi connectivity index (χ0n) is 13.8. The van der Waals surface area contributed by atoms with Crippen molar-refractivity contribution >= 4 is 11.6 Å². The van der Waals surface area contributed by atoms with E-state index in [2.05, 4.69) is 15.5 Å². The maximum atomic E-state index is 12.4. The van der Waals surface area contributed by atoms with Crippen molar-refractivity contribution in [2.24, 2.45) is 0 Å². The molecule has 1 N–H and O–H groups in total. The Kier molecular flexibility index (Phi) is 4.30. The van der Waals surface area contributed by atoms with Crippen LogP contribution in [-0.2, 0) is 6.42 Å². The molecule has 4 rings (SSSR count). The van der Waals surface area contributed by atoms with Gasteiger partial charge < -0.3 is 14.3 Å². The van der Waals surface area contributed by atoms with Gasteiger partial charge in [0.1, 0.15) is 0 Å². The van der Waals surface area contributed by atoms with Crippen molar-refractivity contribution < 1.29 is 13.7 Å². The Balaban J connectivity index is 1.54. The number of para-hydroxylation sites is 1. The first kappa shape index (κ1) is 15.8. The highest BCUT2D eigenvalue weighted by atomic mass is 16.5. The smallest absolute Gasteiger partial charge is 0.255 e. The lowest BCUT2D eigenvalue weighted by Crippen LogP contribution is -2.13. The Hall–Kier alpha value is -3.67. The SMILES string of the molecule is O=C(Nc1ccccc1Cc1nc(-c2ccco2)no1)c1ccccc1. The second-order valence-corrected chi connectivity index (χ2v) is 5.64. The number of benzene rings is 2. The lowest BCUT2D eigenvalue weighted by atomic mass is 10.1. The van der Waals surface area contributed by atoms with E-state index in [-0.39, 0.29) is 5.91 Å². The normalized spacial score (nSPS) is 10.6. The van der Waals surface area contributed by atoms with Gasteiger partial charge in [-0.25, -0.2) is 0 Å². The minimum atomic E-state index is -0.167. The number of carbonyl (C=O) groups is 1. The topological polar surface area (TPSA) is 81.2 Å². The summed E-state index contributed by atoms with van der Waals surface area (Å²) in [4.78, 5) is 16.7. The van der Waals surface area contributed by atoms with Crippen LogP contribution in [0.25, 0.3) is 11.6 Å². The molecule has 0 radical (unpaired) electrons. The fourth-order valence-electron chi connectivity index (χ4n) is 2.58. The second kappa shape index (κ2) is 7.06. The Labute approximate surface area is 149 Å². The molecule has 6 nitrogen and oxygen atoms in total. The van der Waals surface area contributed by atoms with E-state index in [0.29, 0.717) is 35.1 Å². The summed E-state index contributed by atoms with van der Waals surface area (Å²) in [5.74, 6) is 1.22. The molecule has 0 unspecified atom stereocenters. The van der Waals surface area contributed by atoms with Crippen LogP contribution >= 0.6 is 0 Å². The molecule has 2 heterocycles. The quantitative estimate of drug-likeness (QED) is 0.587. The summed E-state index contributed by atoms with van der Waals surface area (Å²) in [5.41, 5.74) is 2.19. The molecule has 2 aromatic heterocycles. The summed E-state index contributed by atoms with van der Waals surface area (Å²) < 4.78 is 10.6.